The Morgan fingerprint density at radius 2 is 1.86 bits per heavy atom. The molecule has 0 bridgehead atoms. The molecule has 9 heteroatoms. The number of hydrogen-bond donors (Lipinski definition) is 1. The lowest BCUT2D eigenvalue weighted by Crippen LogP contribution is -2.38. The zero-order valence-electron chi connectivity index (χ0n) is 15.9. The van der Waals surface area contributed by atoms with Gasteiger partial charge in [0.1, 0.15) is 10.9 Å². The zero-order valence-corrected chi connectivity index (χ0v) is 16.8. The first kappa shape index (κ1) is 20.5. The van der Waals surface area contributed by atoms with E-state index in [1.165, 1.54) is 30.0 Å². The zero-order chi connectivity index (χ0) is 21.0. The smallest absolute Gasteiger partial charge is 0.292 e. The van der Waals surface area contributed by atoms with E-state index in [2.05, 4.69) is 10.3 Å². The highest BCUT2D eigenvalue weighted by molar-refractivity contribution is 8.15. The molecular weight excluding hydrogens is 392 g/mol. The van der Waals surface area contributed by atoms with E-state index in [1.54, 1.807) is 11.0 Å². The summed E-state index contributed by atoms with van der Waals surface area (Å²) in [4.78, 5) is 42.0. The third kappa shape index (κ3) is 4.80. The summed E-state index contributed by atoms with van der Waals surface area (Å²) in [6, 6.07) is 15.1. The van der Waals surface area contributed by atoms with E-state index in [-0.39, 0.29) is 29.7 Å². The molecule has 3 rings (SSSR count). The van der Waals surface area contributed by atoms with E-state index >= 15 is 0 Å². The Morgan fingerprint density at radius 1 is 1.21 bits per heavy atom. The Labute approximate surface area is 172 Å². The monoisotopic (exact) mass is 412 g/mol. The summed E-state index contributed by atoms with van der Waals surface area (Å²) in [7, 11) is 0. The standard InChI is InChI=1S/C20H20N4O4S/c1-13(2)23-19(26)17(29-20(23)21-14-8-4-3-5-9-14)12-18(25)22-15-10-6-7-11-16(15)24(27)28/h3-11,13,17H,12H2,1-2H3,(H,22,25)/t17-/m0/s1. The fourth-order valence-corrected chi connectivity index (χ4v) is 4.17. The number of carbonyl (C=O) groups is 2. The number of rotatable bonds is 6. The Morgan fingerprint density at radius 3 is 2.52 bits per heavy atom. The number of nitro groups is 1. The molecule has 0 aromatic heterocycles. The summed E-state index contributed by atoms with van der Waals surface area (Å²) in [5, 5.41) is 13.6. The van der Waals surface area contributed by atoms with Gasteiger partial charge < -0.3 is 5.32 Å². The molecule has 1 saturated heterocycles. The van der Waals surface area contributed by atoms with Crippen LogP contribution in [0, 0.1) is 10.1 Å². The molecule has 150 valence electrons. The van der Waals surface area contributed by atoms with Crippen LogP contribution in [0.25, 0.3) is 0 Å². The number of aliphatic imine (C=N–C) groups is 1. The lowest BCUT2D eigenvalue weighted by molar-refractivity contribution is -0.383. The van der Waals surface area contributed by atoms with Crippen molar-refractivity contribution in [3.8, 4) is 0 Å². The Balaban J connectivity index is 1.76. The average Bonchev–Trinajstić information content (AvgIpc) is 2.97. The van der Waals surface area contributed by atoms with Crippen LogP contribution >= 0.6 is 11.8 Å². The molecule has 1 N–H and O–H groups in total. The van der Waals surface area contributed by atoms with E-state index in [4.69, 9.17) is 0 Å². The van der Waals surface area contributed by atoms with E-state index in [0.717, 1.165) is 5.69 Å². The maximum atomic E-state index is 12.8. The molecule has 8 nitrogen and oxygen atoms in total. The van der Waals surface area contributed by atoms with Crippen molar-refractivity contribution in [3.05, 3.63) is 64.7 Å². The fourth-order valence-electron chi connectivity index (χ4n) is 2.89. The number of amides is 2. The minimum Gasteiger partial charge on any atom is -0.320 e. The van der Waals surface area contributed by atoms with Crippen LogP contribution in [-0.2, 0) is 9.59 Å². The SMILES string of the molecule is CC(C)N1C(=O)[C@H](CC(=O)Nc2ccccc2[N+](=O)[O-])SC1=Nc1ccccc1. The molecule has 1 aliphatic rings. The van der Waals surface area contributed by atoms with Crippen LogP contribution < -0.4 is 5.32 Å². The third-order valence-corrected chi connectivity index (χ3v) is 5.36. The van der Waals surface area contributed by atoms with Crippen LogP contribution in [0.5, 0.6) is 0 Å². The molecule has 0 radical (unpaired) electrons. The Hall–Kier alpha value is -3.20. The van der Waals surface area contributed by atoms with E-state index in [9.17, 15) is 19.7 Å². The Kier molecular flexibility index (Phi) is 6.28. The highest BCUT2D eigenvalue weighted by Crippen LogP contribution is 2.33. The largest absolute Gasteiger partial charge is 0.320 e. The first-order valence-corrected chi connectivity index (χ1v) is 9.91. The van der Waals surface area contributed by atoms with Gasteiger partial charge in [0.05, 0.1) is 10.6 Å². The second-order valence-electron chi connectivity index (χ2n) is 6.66. The van der Waals surface area contributed by atoms with Crippen molar-refractivity contribution < 1.29 is 14.5 Å². The van der Waals surface area contributed by atoms with Crippen molar-refractivity contribution in [2.45, 2.75) is 31.6 Å². The van der Waals surface area contributed by atoms with Crippen LogP contribution in [0.3, 0.4) is 0 Å². The van der Waals surface area contributed by atoms with E-state index in [1.807, 2.05) is 44.2 Å². The van der Waals surface area contributed by atoms with Crippen molar-refractivity contribution in [2.24, 2.45) is 4.99 Å². The molecule has 1 heterocycles. The molecule has 1 fully saturated rings. The average molecular weight is 412 g/mol. The highest BCUT2D eigenvalue weighted by atomic mass is 32.2. The normalized spacial score (nSPS) is 17.8. The first-order chi connectivity index (χ1) is 13.9. The number of hydrogen-bond acceptors (Lipinski definition) is 6. The lowest BCUT2D eigenvalue weighted by Gasteiger charge is -2.20. The molecule has 2 amide bonds. The predicted molar refractivity (Wildman–Crippen MR) is 113 cm³/mol. The molecule has 0 unspecified atom stereocenters. The summed E-state index contributed by atoms with van der Waals surface area (Å²) in [5.41, 5.74) is 0.636. The number of carbonyl (C=O) groups excluding carboxylic acids is 2. The molecule has 0 aliphatic carbocycles. The summed E-state index contributed by atoms with van der Waals surface area (Å²) in [5.74, 6) is -0.660. The molecule has 1 atom stereocenters. The first-order valence-electron chi connectivity index (χ1n) is 9.03. The minimum atomic E-state index is -0.636. The van der Waals surface area contributed by atoms with Gasteiger partial charge in [-0.05, 0) is 32.0 Å². The summed E-state index contributed by atoms with van der Waals surface area (Å²) in [6.07, 6.45) is -0.105. The van der Waals surface area contributed by atoms with Crippen molar-refractivity contribution in [3.63, 3.8) is 0 Å². The number of nitrogens with zero attached hydrogens (tertiary/aromatic N) is 3. The second kappa shape index (κ2) is 8.87. The van der Waals surface area contributed by atoms with Crippen molar-refractivity contribution in [1.82, 2.24) is 4.90 Å². The summed E-state index contributed by atoms with van der Waals surface area (Å²) >= 11 is 1.23. The molecule has 0 spiro atoms. The van der Waals surface area contributed by atoms with Gasteiger partial charge in [-0.15, -0.1) is 0 Å². The van der Waals surface area contributed by atoms with Crippen molar-refractivity contribution in [2.75, 3.05) is 5.32 Å². The summed E-state index contributed by atoms with van der Waals surface area (Å²) < 4.78 is 0. The maximum Gasteiger partial charge on any atom is 0.292 e. The number of nitrogens with one attached hydrogen (secondary N) is 1. The molecular formula is C20H20N4O4S. The number of thioether (sulfide) groups is 1. The number of amidine groups is 1. The van der Waals surface area contributed by atoms with Gasteiger partial charge in [-0.25, -0.2) is 4.99 Å². The highest BCUT2D eigenvalue weighted by Gasteiger charge is 2.40. The van der Waals surface area contributed by atoms with Crippen molar-refractivity contribution in [1.29, 1.82) is 0 Å². The van der Waals surface area contributed by atoms with Crippen LogP contribution in [0.15, 0.2) is 59.6 Å². The molecule has 2 aromatic carbocycles. The maximum absolute atomic E-state index is 12.8. The topological polar surface area (TPSA) is 105 Å². The third-order valence-electron chi connectivity index (χ3n) is 4.21. The van der Waals surface area contributed by atoms with Crippen LogP contribution in [0.1, 0.15) is 20.3 Å². The van der Waals surface area contributed by atoms with Gasteiger partial charge in [0.25, 0.3) is 5.69 Å². The van der Waals surface area contributed by atoms with Crippen LogP contribution in [-0.4, -0.2) is 38.1 Å². The Bertz CT molecular complexity index is 962. The van der Waals surface area contributed by atoms with Crippen molar-refractivity contribution >= 4 is 45.8 Å². The van der Waals surface area contributed by atoms with Gasteiger partial charge in [0.15, 0.2) is 5.17 Å². The molecule has 1 aliphatic heterocycles. The lowest BCUT2D eigenvalue weighted by atomic mass is 10.2. The van der Waals surface area contributed by atoms with Crippen LogP contribution in [0.2, 0.25) is 0 Å². The van der Waals surface area contributed by atoms with Gasteiger partial charge in [0.2, 0.25) is 11.8 Å². The predicted octanol–water partition coefficient (Wildman–Crippen LogP) is 3.96. The van der Waals surface area contributed by atoms with Gasteiger partial charge in [-0.2, -0.15) is 0 Å². The van der Waals surface area contributed by atoms with Gasteiger partial charge >= 0.3 is 0 Å². The van der Waals surface area contributed by atoms with Gasteiger partial charge in [-0.1, -0.05) is 42.1 Å². The van der Waals surface area contributed by atoms with Gasteiger partial charge in [-0.3, -0.25) is 24.6 Å². The molecule has 2 aromatic rings. The quantitative estimate of drug-likeness (QED) is 0.571. The van der Waals surface area contributed by atoms with Crippen LogP contribution in [0.4, 0.5) is 17.1 Å². The van der Waals surface area contributed by atoms with Gasteiger partial charge in [0, 0.05) is 18.5 Å². The number of para-hydroxylation sites is 3. The molecule has 29 heavy (non-hydrogen) atoms. The minimum absolute atomic E-state index is 0.105. The summed E-state index contributed by atoms with van der Waals surface area (Å²) in [6.45, 7) is 3.77. The second-order valence-corrected chi connectivity index (χ2v) is 7.83. The number of anilines is 1. The number of nitro benzene ring substituents is 1. The van der Waals surface area contributed by atoms with E-state index in [0.29, 0.717) is 5.17 Å². The molecule has 0 saturated carbocycles. The number of benzene rings is 2. The fraction of sp³-hybridized carbons (Fsp3) is 0.250. The van der Waals surface area contributed by atoms with E-state index < -0.39 is 16.1 Å².